The van der Waals surface area contributed by atoms with Gasteiger partial charge in [-0.2, -0.15) is 10.2 Å². The number of rotatable bonds is 5. The monoisotopic (exact) mass is 453 g/mol. The van der Waals surface area contributed by atoms with E-state index in [1.165, 1.54) is 5.56 Å². The lowest BCUT2D eigenvalue weighted by Crippen LogP contribution is -2.14. The van der Waals surface area contributed by atoms with Crippen molar-refractivity contribution in [3.8, 4) is 11.3 Å². The van der Waals surface area contributed by atoms with Gasteiger partial charge in [-0.15, -0.1) is 0 Å². The highest BCUT2D eigenvalue weighted by Crippen LogP contribution is 2.29. The van der Waals surface area contributed by atoms with Crippen LogP contribution in [0.1, 0.15) is 33.0 Å². The fourth-order valence-electron chi connectivity index (χ4n) is 3.35. The smallest absolute Gasteiger partial charge is 0.273 e. The SMILES string of the molecule is Cc1ccc(Cn2nc(C)c(NC(=O)c3cc(-c4ccc(Cl)cc4Cl)n[nH]3)c2C)cc1. The highest BCUT2D eigenvalue weighted by Gasteiger charge is 2.18. The third-order valence-electron chi connectivity index (χ3n) is 5.10. The third-order valence-corrected chi connectivity index (χ3v) is 5.65. The Morgan fingerprint density at radius 3 is 2.52 bits per heavy atom. The predicted octanol–water partition coefficient (Wildman–Crippen LogP) is 5.81. The molecular formula is C23H21Cl2N5O. The van der Waals surface area contributed by atoms with Crippen LogP contribution in [0.3, 0.4) is 0 Å². The minimum Gasteiger partial charge on any atom is -0.318 e. The van der Waals surface area contributed by atoms with Crippen molar-refractivity contribution in [3.63, 3.8) is 0 Å². The molecule has 0 aliphatic carbocycles. The van der Waals surface area contributed by atoms with Gasteiger partial charge in [-0.3, -0.25) is 14.6 Å². The lowest BCUT2D eigenvalue weighted by molar-refractivity contribution is 0.102. The summed E-state index contributed by atoms with van der Waals surface area (Å²) < 4.78 is 1.89. The molecule has 0 unspecified atom stereocenters. The average molecular weight is 454 g/mol. The van der Waals surface area contributed by atoms with Crippen LogP contribution in [0.2, 0.25) is 10.0 Å². The van der Waals surface area contributed by atoms with Gasteiger partial charge in [0, 0.05) is 10.6 Å². The molecule has 0 fully saturated rings. The fraction of sp³-hybridized carbons (Fsp3) is 0.174. The topological polar surface area (TPSA) is 75.6 Å². The standard InChI is InChI=1S/C23H21Cl2N5O/c1-13-4-6-16(7-5-13)12-30-15(3)22(14(2)29-30)26-23(31)21-11-20(27-28-21)18-9-8-17(24)10-19(18)25/h4-11H,12H2,1-3H3,(H,26,31)(H,27,28). The van der Waals surface area contributed by atoms with E-state index in [2.05, 4.69) is 51.8 Å². The van der Waals surface area contributed by atoms with Crippen molar-refractivity contribution in [2.75, 3.05) is 5.32 Å². The minimum atomic E-state index is -0.301. The molecule has 0 bridgehead atoms. The average Bonchev–Trinajstić information content (AvgIpc) is 3.31. The normalized spacial score (nSPS) is 11.0. The van der Waals surface area contributed by atoms with Gasteiger partial charge < -0.3 is 5.32 Å². The van der Waals surface area contributed by atoms with Crippen LogP contribution in [0.25, 0.3) is 11.3 Å². The quantitative estimate of drug-likeness (QED) is 0.400. The first-order valence-corrected chi connectivity index (χ1v) is 10.5. The van der Waals surface area contributed by atoms with Crippen LogP contribution in [-0.2, 0) is 6.54 Å². The van der Waals surface area contributed by atoms with Crippen molar-refractivity contribution in [3.05, 3.63) is 86.8 Å². The van der Waals surface area contributed by atoms with E-state index >= 15 is 0 Å². The summed E-state index contributed by atoms with van der Waals surface area (Å²) in [7, 11) is 0. The van der Waals surface area contributed by atoms with Crippen molar-refractivity contribution in [1.82, 2.24) is 20.0 Å². The van der Waals surface area contributed by atoms with E-state index in [-0.39, 0.29) is 5.91 Å². The summed E-state index contributed by atoms with van der Waals surface area (Å²) in [4.78, 5) is 12.8. The van der Waals surface area contributed by atoms with Crippen LogP contribution in [-0.4, -0.2) is 25.9 Å². The second-order valence-corrected chi connectivity index (χ2v) is 8.28. The van der Waals surface area contributed by atoms with Gasteiger partial charge in [-0.05, 0) is 50.6 Å². The van der Waals surface area contributed by atoms with Crippen molar-refractivity contribution in [2.45, 2.75) is 27.3 Å². The largest absolute Gasteiger partial charge is 0.318 e. The Hall–Kier alpha value is -3.09. The molecule has 1 amide bonds. The van der Waals surface area contributed by atoms with Crippen LogP contribution in [0.15, 0.2) is 48.5 Å². The Balaban J connectivity index is 1.53. The van der Waals surface area contributed by atoms with E-state index in [9.17, 15) is 4.79 Å². The van der Waals surface area contributed by atoms with Gasteiger partial charge >= 0.3 is 0 Å². The number of carbonyl (C=O) groups is 1. The number of nitrogens with one attached hydrogen (secondary N) is 2. The van der Waals surface area contributed by atoms with E-state index in [4.69, 9.17) is 23.2 Å². The number of hydrogen-bond donors (Lipinski definition) is 2. The van der Waals surface area contributed by atoms with E-state index in [0.717, 1.165) is 17.0 Å². The predicted molar refractivity (Wildman–Crippen MR) is 124 cm³/mol. The van der Waals surface area contributed by atoms with Gasteiger partial charge in [-0.1, -0.05) is 53.0 Å². The molecule has 0 aliphatic rings. The molecule has 158 valence electrons. The second-order valence-electron chi connectivity index (χ2n) is 7.43. The van der Waals surface area contributed by atoms with Crippen LogP contribution < -0.4 is 5.32 Å². The lowest BCUT2D eigenvalue weighted by atomic mass is 10.1. The second kappa shape index (κ2) is 8.57. The maximum Gasteiger partial charge on any atom is 0.273 e. The molecule has 0 atom stereocenters. The van der Waals surface area contributed by atoms with Gasteiger partial charge in [0.1, 0.15) is 5.69 Å². The summed E-state index contributed by atoms with van der Waals surface area (Å²) in [6.45, 7) is 6.50. The molecule has 2 aromatic carbocycles. The maximum atomic E-state index is 12.8. The Kier molecular flexibility index (Phi) is 5.85. The first kappa shape index (κ1) is 21.2. The number of aromatic amines is 1. The number of halogens is 2. The van der Waals surface area contributed by atoms with Crippen molar-refractivity contribution < 1.29 is 4.79 Å². The van der Waals surface area contributed by atoms with Crippen LogP contribution >= 0.6 is 23.2 Å². The molecule has 0 aliphatic heterocycles. The van der Waals surface area contributed by atoms with Crippen molar-refractivity contribution >= 4 is 34.8 Å². The zero-order chi connectivity index (χ0) is 22.1. The Bertz CT molecular complexity index is 1260. The van der Waals surface area contributed by atoms with E-state index in [1.54, 1.807) is 24.3 Å². The molecule has 4 rings (SSSR count). The third kappa shape index (κ3) is 4.50. The maximum absolute atomic E-state index is 12.8. The number of aromatic nitrogens is 4. The zero-order valence-corrected chi connectivity index (χ0v) is 18.8. The van der Waals surface area contributed by atoms with E-state index in [1.807, 2.05) is 18.5 Å². The molecule has 8 heteroatoms. The van der Waals surface area contributed by atoms with Crippen LogP contribution in [0.4, 0.5) is 5.69 Å². The highest BCUT2D eigenvalue weighted by molar-refractivity contribution is 6.36. The van der Waals surface area contributed by atoms with Gasteiger partial charge in [0.2, 0.25) is 0 Å². The molecule has 0 saturated heterocycles. The van der Waals surface area contributed by atoms with Crippen molar-refractivity contribution in [1.29, 1.82) is 0 Å². The number of nitrogens with zero attached hydrogens (tertiary/aromatic N) is 3. The van der Waals surface area contributed by atoms with Gasteiger partial charge in [0.05, 0.1) is 34.3 Å². The molecule has 0 radical (unpaired) electrons. The van der Waals surface area contributed by atoms with Crippen molar-refractivity contribution in [2.24, 2.45) is 0 Å². The molecule has 2 N–H and O–H groups in total. The molecule has 0 saturated carbocycles. The summed E-state index contributed by atoms with van der Waals surface area (Å²) in [6, 6.07) is 15.1. The van der Waals surface area contributed by atoms with Gasteiger partial charge in [0.25, 0.3) is 5.91 Å². The highest BCUT2D eigenvalue weighted by atomic mass is 35.5. The number of H-pyrrole nitrogens is 1. The van der Waals surface area contributed by atoms with Gasteiger partial charge in [0.15, 0.2) is 0 Å². The van der Waals surface area contributed by atoms with E-state index < -0.39 is 0 Å². The van der Waals surface area contributed by atoms with Crippen LogP contribution in [0.5, 0.6) is 0 Å². The van der Waals surface area contributed by atoms with Crippen LogP contribution in [0, 0.1) is 20.8 Å². The number of carbonyl (C=O) groups excluding carboxylic acids is 1. The number of anilines is 1. The molecule has 2 heterocycles. The number of amides is 1. The molecule has 4 aromatic rings. The summed E-state index contributed by atoms with van der Waals surface area (Å²) >= 11 is 12.2. The summed E-state index contributed by atoms with van der Waals surface area (Å²) in [5.41, 5.74) is 6.26. The number of hydrogen-bond acceptors (Lipinski definition) is 3. The molecule has 31 heavy (non-hydrogen) atoms. The van der Waals surface area contributed by atoms with E-state index in [0.29, 0.717) is 39.2 Å². The molecule has 0 spiro atoms. The summed E-state index contributed by atoms with van der Waals surface area (Å²) in [5, 5.41) is 15.5. The Morgan fingerprint density at radius 1 is 1.06 bits per heavy atom. The molecule has 2 aromatic heterocycles. The number of aryl methyl sites for hydroxylation is 2. The Morgan fingerprint density at radius 2 is 1.81 bits per heavy atom. The first-order valence-electron chi connectivity index (χ1n) is 9.73. The first-order chi connectivity index (χ1) is 14.8. The summed E-state index contributed by atoms with van der Waals surface area (Å²) in [5.74, 6) is -0.301. The molecule has 6 nitrogen and oxygen atoms in total. The van der Waals surface area contributed by atoms with Gasteiger partial charge in [-0.25, -0.2) is 0 Å². The molecular weight excluding hydrogens is 433 g/mol. The fourth-order valence-corrected chi connectivity index (χ4v) is 3.86. The lowest BCUT2D eigenvalue weighted by Gasteiger charge is -2.07. The zero-order valence-electron chi connectivity index (χ0n) is 17.3. The number of benzene rings is 2. The Labute approximate surface area is 190 Å². The summed E-state index contributed by atoms with van der Waals surface area (Å²) in [6.07, 6.45) is 0. The minimum absolute atomic E-state index is 0.301.